The van der Waals surface area contributed by atoms with Crippen molar-refractivity contribution in [1.29, 1.82) is 0 Å². The van der Waals surface area contributed by atoms with Crippen LogP contribution < -0.4 is 0 Å². The Morgan fingerprint density at radius 2 is 2.00 bits per heavy atom. The van der Waals surface area contributed by atoms with Crippen LogP contribution in [0.2, 0.25) is 0 Å². The van der Waals surface area contributed by atoms with Crippen molar-refractivity contribution < 1.29 is 13.6 Å². The first kappa shape index (κ1) is 14.6. The number of fused-ring (bicyclic) bond motifs is 2. The Morgan fingerprint density at radius 3 is 2.81 bits per heavy atom. The molecule has 114 valence electrons. The summed E-state index contributed by atoms with van der Waals surface area (Å²) in [6, 6.07) is 4.11. The second kappa shape index (κ2) is 5.81. The normalized spacial score (nSPS) is 26.8. The number of benzene rings is 1. The summed E-state index contributed by atoms with van der Waals surface area (Å²) in [7, 11) is 2.14. The van der Waals surface area contributed by atoms with Gasteiger partial charge >= 0.3 is 0 Å². The first-order chi connectivity index (χ1) is 10.0. The lowest BCUT2D eigenvalue weighted by atomic mass is 10.1. The van der Waals surface area contributed by atoms with Gasteiger partial charge in [0.2, 0.25) is 0 Å². The molecule has 0 amide bonds. The summed E-state index contributed by atoms with van der Waals surface area (Å²) in [5, 5.41) is 0. The van der Waals surface area contributed by atoms with Crippen LogP contribution in [0.4, 0.5) is 8.78 Å². The van der Waals surface area contributed by atoms with E-state index in [9.17, 15) is 13.6 Å². The molecular weight excluding hydrogens is 274 g/mol. The Bertz CT molecular complexity index is 549. The van der Waals surface area contributed by atoms with Crippen molar-refractivity contribution in [2.45, 2.75) is 31.3 Å². The molecule has 2 aliphatic rings. The maximum absolute atomic E-state index is 13.7. The highest BCUT2D eigenvalue weighted by Gasteiger charge is 2.35. The third kappa shape index (κ3) is 2.99. The number of hydrogen-bond acceptors (Lipinski definition) is 3. The third-order valence-corrected chi connectivity index (χ3v) is 4.83. The predicted octanol–water partition coefficient (Wildman–Crippen LogP) is 2.32. The minimum absolute atomic E-state index is 0.141. The molecule has 2 unspecified atom stereocenters. The van der Waals surface area contributed by atoms with Crippen molar-refractivity contribution in [2.24, 2.45) is 0 Å². The van der Waals surface area contributed by atoms with Crippen LogP contribution in [-0.4, -0.2) is 54.3 Å². The molecule has 2 atom stereocenters. The minimum atomic E-state index is -0.644. The van der Waals surface area contributed by atoms with Crippen LogP contribution in [0.1, 0.15) is 29.6 Å². The fraction of sp³-hybridized carbons (Fsp3) is 0.562. The van der Waals surface area contributed by atoms with Crippen LogP contribution in [-0.2, 0) is 0 Å². The third-order valence-electron chi connectivity index (χ3n) is 4.83. The molecule has 3 rings (SSSR count). The first-order valence-corrected chi connectivity index (χ1v) is 7.47. The minimum Gasteiger partial charge on any atom is -0.299 e. The average molecular weight is 294 g/mol. The van der Waals surface area contributed by atoms with Gasteiger partial charge in [-0.2, -0.15) is 0 Å². The summed E-state index contributed by atoms with van der Waals surface area (Å²) < 4.78 is 26.8. The van der Waals surface area contributed by atoms with Gasteiger partial charge in [-0.1, -0.05) is 0 Å². The molecule has 2 heterocycles. The molecule has 0 aromatic heterocycles. The topological polar surface area (TPSA) is 23.6 Å². The molecule has 2 fully saturated rings. The van der Waals surface area contributed by atoms with Crippen molar-refractivity contribution in [3.05, 3.63) is 35.4 Å². The van der Waals surface area contributed by atoms with E-state index in [1.54, 1.807) is 0 Å². The zero-order valence-electron chi connectivity index (χ0n) is 12.2. The van der Waals surface area contributed by atoms with Gasteiger partial charge in [0.25, 0.3) is 0 Å². The highest BCUT2D eigenvalue weighted by molar-refractivity contribution is 5.97. The van der Waals surface area contributed by atoms with Crippen molar-refractivity contribution in [1.82, 2.24) is 9.80 Å². The summed E-state index contributed by atoms with van der Waals surface area (Å²) >= 11 is 0. The van der Waals surface area contributed by atoms with Crippen LogP contribution in [0.25, 0.3) is 0 Å². The smallest absolute Gasteiger partial charge is 0.179 e. The van der Waals surface area contributed by atoms with Gasteiger partial charge < -0.3 is 0 Å². The molecule has 0 spiro atoms. The molecule has 0 aliphatic carbocycles. The number of halogens is 2. The van der Waals surface area contributed by atoms with E-state index in [1.807, 2.05) is 0 Å². The number of rotatable bonds is 3. The van der Waals surface area contributed by atoms with Gasteiger partial charge in [-0.25, -0.2) is 8.78 Å². The zero-order chi connectivity index (χ0) is 15.0. The standard InChI is InChI=1S/C16H20F2N2O/c1-19-12-3-4-13(19)9-20(7-6-12)10-16(21)14-8-11(17)2-5-15(14)18/h2,5,8,12-13H,3-4,6-7,9-10H2,1H3. The van der Waals surface area contributed by atoms with E-state index >= 15 is 0 Å². The summed E-state index contributed by atoms with van der Waals surface area (Å²) in [6.07, 6.45) is 3.41. The van der Waals surface area contributed by atoms with E-state index in [1.165, 1.54) is 6.42 Å². The van der Waals surface area contributed by atoms with Crippen LogP contribution in [0, 0.1) is 11.6 Å². The van der Waals surface area contributed by atoms with Gasteiger partial charge in [0, 0.05) is 25.2 Å². The van der Waals surface area contributed by atoms with E-state index < -0.39 is 11.6 Å². The highest BCUT2D eigenvalue weighted by atomic mass is 19.1. The van der Waals surface area contributed by atoms with E-state index in [0.29, 0.717) is 12.1 Å². The van der Waals surface area contributed by atoms with Crippen molar-refractivity contribution in [3.63, 3.8) is 0 Å². The average Bonchev–Trinajstić information content (AvgIpc) is 2.69. The first-order valence-electron chi connectivity index (χ1n) is 7.47. The van der Waals surface area contributed by atoms with Crippen LogP contribution in [0.3, 0.4) is 0 Å². The number of carbonyl (C=O) groups excluding carboxylic acids is 1. The molecule has 2 saturated heterocycles. The molecule has 1 aromatic rings. The van der Waals surface area contributed by atoms with Gasteiger partial charge in [0.15, 0.2) is 5.78 Å². The largest absolute Gasteiger partial charge is 0.299 e. The summed E-state index contributed by atoms with van der Waals surface area (Å²) in [4.78, 5) is 16.7. The number of nitrogens with zero attached hydrogens (tertiary/aromatic N) is 2. The number of Topliss-reactive ketones (excluding diaryl/α,β-unsaturated/α-hetero) is 1. The highest BCUT2D eigenvalue weighted by Crippen LogP contribution is 2.28. The second-order valence-electron chi connectivity index (χ2n) is 6.12. The Morgan fingerprint density at radius 1 is 1.24 bits per heavy atom. The number of carbonyl (C=O) groups is 1. The molecule has 21 heavy (non-hydrogen) atoms. The monoisotopic (exact) mass is 294 g/mol. The van der Waals surface area contributed by atoms with E-state index in [0.717, 1.165) is 44.1 Å². The number of likely N-dealkylation sites (tertiary alicyclic amines) is 1. The van der Waals surface area contributed by atoms with Gasteiger partial charge in [0.1, 0.15) is 11.6 Å². The van der Waals surface area contributed by atoms with Crippen LogP contribution >= 0.6 is 0 Å². The summed E-state index contributed by atoms with van der Waals surface area (Å²) in [5.74, 6) is -1.56. The maximum atomic E-state index is 13.7. The van der Waals surface area contributed by atoms with Crippen LogP contribution in [0.5, 0.6) is 0 Å². The van der Waals surface area contributed by atoms with E-state index in [2.05, 4.69) is 16.8 Å². The molecule has 5 heteroatoms. The summed E-state index contributed by atoms with van der Waals surface area (Å²) in [6.45, 7) is 1.83. The van der Waals surface area contributed by atoms with Crippen molar-refractivity contribution in [3.8, 4) is 0 Å². The number of hydrogen-bond donors (Lipinski definition) is 0. The van der Waals surface area contributed by atoms with Crippen molar-refractivity contribution in [2.75, 3.05) is 26.7 Å². The molecule has 3 nitrogen and oxygen atoms in total. The fourth-order valence-electron chi connectivity index (χ4n) is 3.52. The number of ketones is 1. The van der Waals surface area contributed by atoms with Crippen molar-refractivity contribution >= 4 is 5.78 Å². The Balaban J connectivity index is 1.69. The quantitative estimate of drug-likeness (QED) is 0.799. The lowest BCUT2D eigenvalue weighted by molar-refractivity contribution is 0.0919. The van der Waals surface area contributed by atoms with Crippen LogP contribution in [0.15, 0.2) is 18.2 Å². The lowest BCUT2D eigenvalue weighted by Crippen LogP contribution is -2.39. The maximum Gasteiger partial charge on any atom is 0.179 e. The van der Waals surface area contributed by atoms with E-state index in [-0.39, 0.29) is 17.9 Å². The van der Waals surface area contributed by atoms with E-state index in [4.69, 9.17) is 0 Å². The molecule has 0 radical (unpaired) electrons. The lowest BCUT2D eigenvalue weighted by Gasteiger charge is -2.25. The molecular formula is C16H20F2N2O. The number of likely N-dealkylation sites (N-methyl/N-ethyl adjacent to an activating group) is 1. The zero-order valence-corrected chi connectivity index (χ0v) is 12.2. The molecule has 0 N–H and O–H groups in total. The predicted molar refractivity (Wildman–Crippen MR) is 76.3 cm³/mol. The fourth-order valence-corrected chi connectivity index (χ4v) is 3.52. The molecule has 2 aliphatic heterocycles. The molecule has 1 aromatic carbocycles. The Labute approximate surface area is 123 Å². The van der Waals surface area contributed by atoms with Gasteiger partial charge in [0.05, 0.1) is 12.1 Å². The Hall–Kier alpha value is -1.33. The summed E-state index contributed by atoms with van der Waals surface area (Å²) in [5.41, 5.74) is -0.141. The van der Waals surface area contributed by atoms with Gasteiger partial charge in [-0.05, 0) is 44.5 Å². The molecule has 2 bridgehead atoms. The SMILES string of the molecule is CN1C2CCC1CN(CC(=O)c1cc(F)ccc1F)CC2. The molecule has 0 saturated carbocycles. The van der Waals surface area contributed by atoms with Gasteiger partial charge in [-0.3, -0.25) is 14.6 Å². The second-order valence-corrected chi connectivity index (χ2v) is 6.12. The van der Waals surface area contributed by atoms with Gasteiger partial charge in [-0.15, -0.1) is 0 Å². The Kier molecular flexibility index (Phi) is 4.04.